The maximum Gasteiger partial charge on any atom is 0.212 e. The third-order valence-electron chi connectivity index (χ3n) is 1.36. The van der Waals surface area contributed by atoms with Crippen LogP contribution in [0.1, 0.15) is 0 Å². The van der Waals surface area contributed by atoms with Crippen molar-refractivity contribution < 1.29 is 34.0 Å². The Bertz CT molecular complexity index is 211. The molecule has 78 valence electrons. The van der Waals surface area contributed by atoms with E-state index in [2.05, 4.69) is 37.2 Å². The predicted octanol–water partition coefficient (Wildman–Crippen LogP) is -3.77. The van der Waals surface area contributed by atoms with Gasteiger partial charge in [0.25, 0.3) is 0 Å². The van der Waals surface area contributed by atoms with E-state index in [4.69, 9.17) is 0 Å². The average molecular weight is 366 g/mol. The summed E-state index contributed by atoms with van der Waals surface area (Å²) in [5.74, 6) is 0. The normalized spacial score (nSPS) is 9.69. The molecular formula is C8H14Br2S3. The molecule has 0 saturated heterocycles. The largest absolute Gasteiger partial charge is 1.00 e. The molecule has 1 heterocycles. The van der Waals surface area contributed by atoms with Crippen LogP contribution in [0.2, 0.25) is 0 Å². The van der Waals surface area contributed by atoms with Crippen LogP contribution in [0.4, 0.5) is 0 Å². The van der Waals surface area contributed by atoms with Crippen LogP contribution in [0.5, 0.6) is 0 Å². The Labute approximate surface area is 112 Å². The second-order valence-electron chi connectivity index (χ2n) is 2.71. The van der Waals surface area contributed by atoms with Crippen molar-refractivity contribution in [3.63, 3.8) is 0 Å². The summed E-state index contributed by atoms with van der Waals surface area (Å²) >= 11 is 1.97. The molecule has 5 heteroatoms. The maximum absolute atomic E-state index is 2.28. The van der Waals surface area contributed by atoms with Gasteiger partial charge in [0, 0.05) is 33.9 Å². The molecule has 0 atom stereocenters. The minimum absolute atomic E-state index is 0. The summed E-state index contributed by atoms with van der Waals surface area (Å²) in [4.78, 5) is 0. The first kappa shape index (κ1) is 16.8. The second kappa shape index (κ2) is 7.63. The van der Waals surface area contributed by atoms with Gasteiger partial charge in [-0.25, -0.2) is 0 Å². The maximum atomic E-state index is 2.28. The monoisotopic (exact) mass is 364 g/mol. The van der Waals surface area contributed by atoms with Crippen molar-refractivity contribution in [3.8, 4) is 0 Å². The van der Waals surface area contributed by atoms with Gasteiger partial charge in [-0.2, -0.15) is 0 Å². The third-order valence-corrected chi connectivity index (χ3v) is 6.42. The Balaban J connectivity index is 0. The predicted molar refractivity (Wildman–Crippen MR) is 59.3 cm³/mol. The molecule has 0 N–H and O–H groups in total. The first-order valence-corrected chi connectivity index (χ1v) is 8.26. The Morgan fingerprint density at radius 1 is 0.846 bits per heavy atom. The van der Waals surface area contributed by atoms with Gasteiger partial charge >= 0.3 is 0 Å². The molecule has 0 unspecified atom stereocenters. The van der Waals surface area contributed by atoms with Crippen LogP contribution in [0.25, 0.3) is 0 Å². The number of rotatable bonds is 2. The van der Waals surface area contributed by atoms with Gasteiger partial charge in [0.15, 0.2) is 0 Å². The van der Waals surface area contributed by atoms with Crippen LogP contribution in [0.3, 0.4) is 0 Å². The standard InChI is InChI=1S/C8H14S3.2BrH/c1-10(2)7-5-6-8(9-7)11(3)4;;/h5-6H,1-4H3;2*1H/q+2;;/p-2. The quantitative estimate of drug-likeness (QED) is 0.472. The fourth-order valence-electron chi connectivity index (χ4n) is 0.742. The zero-order valence-corrected chi connectivity index (χ0v) is 13.8. The SMILES string of the molecule is C[S+](C)c1ccc([S+](C)C)s1.[Br-].[Br-]. The van der Waals surface area contributed by atoms with E-state index in [0.29, 0.717) is 21.8 Å². The Hall–Kier alpha value is 1.36. The zero-order valence-electron chi connectivity index (χ0n) is 8.14. The molecule has 1 aromatic heterocycles. The Morgan fingerprint density at radius 2 is 1.15 bits per heavy atom. The summed E-state index contributed by atoms with van der Waals surface area (Å²) < 4.78 is 3.09. The molecule has 0 bridgehead atoms. The van der Waals surface area contributed by atoms with Crippen molar-refractivity contribution in [3.05, 3.63) is 12.1 Å². The first-order valence-electron chi connectivity index (χ1n) is 3.36. The van der Waals surface area contributed by atoms with Crippen LogP contribution in [-0.4, -0.2) is 25.0 Å². The summed E-state index contributed by atoms with van der Waals surface area (Å²) in [7, 11) is 0.897. The summed E-state index contributed by atoms with van der Waals surface area (Å²) in [5.41, 5.74) is 0. The molecule has 0 aliphatic heterocycles. The number of hydrogen-bond acceptors (Lipinski definition) is 1. The van der Waals surface area contributed by atoms with E-state index < -0.39 is 0 Å². The van der Waals surface area contributed by atoms with Gasteiger partial charge in [0.1, 0.15) is 25.0 Å². The highest BCUT2D eigenvalue weighted by atomic mass is 79.9. The fourth-order valence-corrected chi connectivity index (χ4v) is 3.92. The van der Waals surface area contributed by atoms with Gasteiger partial charge < -0.3 is 34.0 Å². The van der Waals surface area contributed by atoms with Gasteiger partial charge in [-0.05, 0) is 11.3 Å². The van der Waals surface area contributed by atoms with Crippen molar-refractivity contribution in [2.24, 2.45) is 0 Å². The van der Waals surface area contributed by atoms with Gasteiger partial charge in [-0.3, -0.25) is 0 Å². The highest BCUT2D eigenvalue weighted by Gasteiger charge is 2.17. The topological polar surface area (TPSA) is 0 Å². The fraction of sp³-hybridized carbons (Fsp3) is 0.500. The van der Waals surface area contributed by atoms with E-state index in [9.17, 15) is 0 Å². The minimum atomic E-state index is 0. The second-order valence-corrected chi connectivity index (χ2v) is 8.45. The molecule has 0 nitrogen and oxygen atoms in total. The van der Waals surface area contributed by atoms with Crippen molar-refractivity contribution in [1.29, 1.82) is 0 Å². The van der Waals surface area contributed by atoms with Crippen LogP contribution in [-0.2, 0) is 21.8 Å². The summed E-state index contributed by atoms with van der Waals surface area (Å²) in [6.45, 7) is 0. The minimum Gasteiger partial charge on any atom is -1.00 e. The van der Waals surface area contributed by atoms with Gasteiger partial charge in [0.2, 0.25) is 8.42 Å². The zero-order chi connectivity index (χ0) is 8.43. The smallest absolute Gasteiger partial charge is 0.212 e. The van der Waals surface area contributed by atoms with Crippen molar-refractivity contribution in [1.82, 2.24) is 0 Å². The molecule has 0 saturated carbocycles. The summed E-state index contributed by atoms with van der Waals surface area (Å²) in [5, 5.41) is 0. The molecule has 0 aromatic carbocycles. The van der Waals surface area contributed by atoms with E-state index in [1.54, 1.807) is 8.42 Å². The molecule has 0 amide bonds. The van der Waals surface area contributed by atoms with Crippen LogP contribution < -0.4 is 34.0 Å². The lowest BCUT2D eigenvalue weighted by atomic mass is 10.7. The molecule has 0 aliphatic rings. The molecule has 0 spiro atoms. The lowest BCUT2D eigenvalue weighted by molar-refractivity contribution is -0.001000. The van der Waals surface area contributed by atoms with E-state index in [0.717, 1.165) is 0 Å². The third kappa shape index (κ3) is 5.11. The number of hydrogen-bond donors (Lipinski definition) is 0. The molecule has 0 radical (unpaired) electrons. The van der Waals surface area contributed by atoms with Crippen molar-refractivity contribution in [2.75, 3.05) is 25.0 Å². The molecule has 13 heavy (non-hydrogen) atoms. The average Bonchev–Trinajstić information content (AvgIpc) is 2.33. The van der Waals surface area contributed by atoms with Crippen LogP contribution >= 0.6 is 11.3 Å². The van der Waals surface area contributed by atoms with Gasteiger partial charge in [-0.1, -0.05) is 0 Å². The van der Waals surface area contributed by atoms with E-state index in [1.807, 2.05) is 11.3 Å². The van der Waals surface area contributed by atoms with E-state index in [-0.39, 0.29) is 34.0 Å². The highest BCUT2D eigenvalue weighted by Crippen LogP contribution is 2.25. The molecule has 1 aromatic rings. The number of halogens is 2. The van der Waals surface area contributed by atoms with Crippen LogP contribution in [0.15, 0.2) is 20.6 Å². The Kier molecular flexibility index (Phi) is 9.84. The van der Waals surface area contributed by atoms with Gasteiger partial charge in [-0.15, -0.1) is 0 Å². The summed E-state index contributed by atoms with van der Waals surface area (Å²) in [6, 6.07) is 4.55. The molecule has 0 fully saturated rings. The lowest BCUT2D eigenvalue weighted by Crippen LogP contribution is -3.00. The molecular weight excluding hydrogens is 352 g/mol. The summed E-state index contributed by atoms with van der Waals surface area (Å²) in [6.07, 6.45) is 9.11. The Morgan fingerprint density at radius 3 is 1.31 bits per heavy atom. The van der Waals surface area contributed by atoms with Gasteiger partial charge in [0.05, 0.1) is 0 Å². The van der Waals surface area contributed by atoms with Crippen molar-refractivity contribution >= 4 is 33.1 Å². The highest BCUT2D eigenvalue weighted by molar-refractivity contribution is 7.99. The van der Waals surface area contributed by atoms with E-state index >= 15 is 0 Å². The number of thiophene rings is 1. The van der Waals surface area contributed by atoms with Crippen LogP contribution in [0, 0.1) is 0 Å². The lowest BCUT2D eigenvalue weighted by Gasteiger charge is -1.88. The molecule has 1 rings (SSSR count). The molecule has 0 aliphatic carbocycles. The van der Waals surface area contributed by atoms with Crippen molar-refractivity contribution in [2.45, 2.75) is 8.42 Å². The van der Waals surface area contributed by atoms with E-state index in [1.165, 1.54) is 0 Å². The first-order chi connectivity index (χ1) is 5.11.